The molecule has 3 aliphatic heterocycles. The first-order valence-electron chi connectivity index (χ1n) is 17.5. The molecule has 1 spiro atoms. The van der Waals surface area contributed by atoms with Crippen molar-refractivity contribution in [1.29, 1.82) is 0 Å². The van der Waals surface area contributed by atoms with Gasteiger partial charge in [-0.3, -0.25) is 0 Å². The summed E-state index contributed by atoms with van der Waals surface area (Å²) in [5.74, 6) is 1.84. The summed E-state index contributed by atoms with van der Waals surface area (Å²) in [7, 11) is 0. The van der Waals surface area contributed by atoms with E-state index in [2.05, 4.69) is 152 Å². The highest BCUT2D eigenvalue weighted by molar-refractivity contribution is 7.25. The summed E-state index contributed by atoms with van der Waals surface area (Å²) >= 11 is 1.89. The summed E-state index contributed by atoms with van der Waals surface area (Å²) in [5.41, 5.74) is 9.03. The van der Waals surface area contributed by atoms with Gasteiger partial charge in [0.25, 0.3) is 0 Å². The molecule has 51 heavy (non-hydrogen) atoms. The first-order valence-corrected chi connectivity index (χ1v) is 18.4. The van der Waals surface area contributed by atoms with Crippen molar-refractivity contribution < 1.29 is 14.1 Å². The summed E-state index contributed by atoms with van der Waals surface area (Å²) in [6.07, 6.45) is 0. The molecule has 5 aromatic heterocycles. The Morgan fingerprint density at radius 3 is 1.63 bits per heavy atom. The normalized spacial score (nSPS) is 16.9. The van der Waals surface area contributed by atoms with E-state index < -0.39 is 5.66 Å². The lowest BCUT2D eigenvalue weighted by atomic mass is 9.84. The Bertz CT molecular complexity index is 3750. The topological polar surface area (TPSA) is 25.8 Å². The number of pyridine rings is 2. The Morgan fingerprint density at radius 1 is 0.412 bits per heavy atom. The number of hydrogen-bond donors (Lipinski definition) is 0. The summed E-state index contributed by atoms with van der Waals surface area (Å²) in [4.78, 5) is 0. The van der Waals surface area contributed by atoms with E-state index in [1.54, 1.807) is 0 Å². The van der Waals surface area contributed by atoms with Gasteiger partial charge in [-0.1, -0.05) is 66.7 Å². The van der Waals surface area contributed by atoms with Gasteiger partial charge < -0.3 is 4.74 Å². The second-order valence-corrected chi connectivity index (χ2v) is 15.5. The zero-order valence-corrected chi connectivity index (χ0v) is 27.6. The molecule has 7 aromatic carbocycles. The third-order valence-corrected chi connectivity index (χ3v) is 13.5. The van der Waals surface area contributed by atoms with Crippen LogP contribution in [-0.4, -0.2) is 9.03 Å². The maximum absolute atomic E-state index is 7.06. The van der Waals surface area contributed by atoms with Crippen molar-refractivity contribution in [2.45, 2.75) is 5.66 Å². The second-order valence-electron chi connectivity index (χ2n) is 14.5. The van der Waals surface area contributed by atoms with Gasteiger partial charge in [-0.15, -0.1) is 20.4 Å². The van der Waals surface area contributed by atoms with Gasteiger partial charge in [0.15, 0.2) is 11.1 Å². The van der Waals surface area contributed by atoms with Gasteiger partial charge in [0.2, 0.25) is 11.0 Å². The van der Waals surface area contributed by atoms with Crippen LogP contribution in [-0.2, 0) is 5.66 Å². The average molecular weight is 667 g/mol. The van der Waals surface area contributed by atoms with E-state index in [0.717, 1.165) is 11.5 Å². The van der Waals surface area contributed by atoms with E-state index in [4.69, 9.17) is 4.74 Å². The molecule has 232 valence electrons. The Morgan fingerprint density at radius 2 is 0.941 bits per heavy atom. The van der Waals surface area contributed by atoms with E-state index in [1.807, 2.05) is 11.3 Å². The van der Waals surface area contributed by atoms with Crippen molar-refractivity contribution in [3.63, 3.8) is 0 Å². The molecule has 12 aromatic rings. The molecular weight excluding hydrogens is 645 g/mol. The largest absolute Gasteiger partial charge is 0.470 e. The van der Waals surface area contributed by atoms with Gasteiger partial charge in [-0.25, -0.2) is 0 Å². The van der Waals surface area contributed by atoms with E-state index in [9.17, 15) is 0 Å². The van der Waals surface area contributed by atoms with Gasteiger partial charge in [0, 0.05) is 53.8 Å². The molecule has 0 amide bonds. The van der Waals surface area contributed by atoms with Crippen LogP contribution in [0.3, 0.4) is 0 Å². The number of ether oxygens (including phenoxy) is 1. The maximum atomic E-state index is 7.06. The monoisotopic (exact) mass is 666 g/mol. The van der Waals surface area contributed by atoms with Crippen LogP contribution in [0.4, 0.5) is 0 Å². The van der Waals surface area contributed by atoms with E-state index in [0.29, 0.717) is 0 Å². The van der Waals surface area contributed by atoms with Crippen LogP contribution in [0.15, 0.2) is 133 Å². The van der Waals surface area contributed by atoms with Crippen molar-refractivity contribution in [2.75, 3.05) is 0 Å². The quantitative estimate of drug-likeness (QED) is 0.117. The van der Waals surface area contributed by atoms with Crippen LogP contribution in [0, 0.1) is 0 Å². The van der Waals surface area contributed by atoms with Gasteiger partial charge in [-0.05, 0) is 74.7 Å². The van der Waals surface area contributed by atoms with E-state index in [1.165, 1.54) is 107 Å². The molecule has 0 fully saturated rings. The molecule has 1 atom stereocenters. The van der Waals surface area contributed by atoms with Crippen LogP contribution in [0.1, 0.15) is 11.1 Å². The SMILES string of the molecule is c1ccc2c(c1)sc1cc3c(cc12)c1ccc2c4c1n1c3c3ccccc3[n+]1C41c3c(ccc4c5ccccc5c5c6ccccc6[n+]1n5c34)O2. The standard InChI is InChI=1S/C45H22N4OS/c1-2-11-25-23(9-1)26-17-19-35-39-43(26)46-41(25)28-12-3-6-14-33(28)48(46)45(39)40-36(50-35)20-18-27-30-21-31-24-10-5-8-16-37(24)51-38(31)22-32(30)42-29-13-4-7-15-34(29)49(45)47(42)44(27)40/h1-22H/q+2. The van der Waals surface area contributed by atoms with Crippen molar-refractivity contribution in [2.24, 2.45) is 0 Å². The predicted molar refractivity (Wildman–Crippen MR) is 205 cm³/mol. The molecule has 1 unspecified atom stereocenters. The van der Waals surface area contributed by atoms with Crippen LogP contribution < -0.4 is 14.1 Å². The minimum absolute atomic E-state index is 0.733. The van der Waals surface area contributed by atoms with Crippen LogP contribution >= 0.6 is 11.3 Å². The predicted octanol–water partition coefficient (Wildman–Crippen LogP) is 10.1. The molecule has 0 saturated carbocycles. The lowest BCUT2D eigenvalue weighted by Gasteiger charge is -2.24. The number of thiophene rings is 1. The molecular formula is C45H22N4OS+2. The first kappa shape index (κ1) is 24.6. The highest BCUT2D eigenvalue weighted by Gasteiger charge is 2.73. The van der Waals surface area contributed by atoms with E-state index >= 15 is 0 Å². The summed E-state index contributed by atoms with van der Waals surface area (Å²) in [6, 6.07) is 49.7. The van der Waals surface area contributed by atoms with Gasteiger partial charge in [-0.2, -0.15) is 0 Å². The molecule has 5 nitrogen and oxygen atoms in total. The number of nitrogens with zero attached hydrogens (tertiary/aromatic N) is 4. The Balaban J connectivity index is 1.28. The zero-order valence-electron chi connectivity index (χ0n) is 26.8. The Kier molecular flexibility index (Phi) is 3.68. The van der Waals surface area contributed by atoms with Gasteiger partial charge >= 0.3 is 5.66 Å². The maximum Gasteiger partial charge on any atom is 0.470 e. The zero-order chi connectivity index (χ0) is 32.5. The summed E-state index contributed by atoms with van der Waals surface area (Å²) in [5, 5.41) is 12.7. The molecule has 3 aliphatic rings. The molecule has 0 N–H and O–H groups in total. The highest BCUT2D eigenvalue weighted by Crippen LogP contribution is 2.57. The highest BCUT2D eigenvalue weighted by atomic mass is 32.1. The summed E-state index contributed by atoms with van der Waals surface area (Å²) < 4.78 is 20.0. The molecule has 8 heterocycles. The van der Waals surface area contributed by atoms with Gasteiger partial charge in [0.1, 0.15) is 33.6 Å². The molecule has 0 aliphatic carbocycles. The fourth-order valence-electron chi connectivity index (χ4n) is 10.7. The minimum atomic E-state index is -0.733. The van der Waals surface area contributed by atoms with E-state index in [-0.39, 0.29) is 0 Å². The Hall–Kier alpha value is -6.50. The average Bonchev–Trinajstić information content (AvgIpc) is 3.96. The van der Waals surface area contributed by atoms with Crippen molar-refractivity contribution >= 4 is 108 Å². The number of benzene rings is 7. The first-order chi connectivity index (χ1) is 25.3. The number of para-hydroxylation sites is 2. The van der Waals surface area contributed by atoms with Crippen molar-refractivity contribution in [3.8, 4) is 11.5 Å². The fraction of sp³-hybridized carbons (Fsp3) is 0.0222. The number of rotatable bonds is 0. The number of fused-ring (bicyclic) bond motifs is 15. The molecule has 6 heteroatoms. The molecule has 0 saturated heterocycles. The number of hydrogen-bond acceptors (Lipinski definition) is 2. The second kappa shape index (κ2) is 7.63. The van der Waals surface area contributed by atoms with Crippen LogP contribution in [0.2, 0.25) is 0 Å². The third kappa shape index (κ3) is 2.33. The minimum Gasteiger partial charge on any atom is -0.455 e. The molecule has 0 radical (unpaired) electrons. The third-order valence-electron chi connectivity index (χ3n) is 12.4. The smallest absolute Gasteiger partial charge is 0.455 e. The summed E-state index contributed by atoms with van der Waals surface area (Å²) in [6.45, 7) is 0. The molecule has 15 rings (SSSR count). The van der Waals surface area contributed by atoms with Gasteiger partial charge in [0.05, 0.1) is 10.8 Å². The Labute approximate surface area is 291 Å². The lowest BCUT2D eigenvalue weighted by Crippen LogP contribution is -2.74. The van der Waals surface area contributed by atoms with Crippen molar-refractivity contribution in [1.82, 2.24) is 9.03 Å². The number of aromatic nitrogens is 4. The lowest BCUT2D eigenvalue weighted by molar-refractivity contribution is -0.992. The fourth-order valence-corrected chi connectivity index (χ4v) is 11.8. The van der Waals surface area contributed by atoms with Crippen molar-refractivity contribution in [3.05, 3.63) is 145 Å². The van der Waals surface area contributed by atoms with Crippen LogP contribution in [0.25, 0.3) is 96.4 Å². The molecule has 0 bridgehead atoms. The van der Waals surface area contributed by atoms with Crippen LogP contribution in [0.5, 0.6) is 11.5 Å².